The minimum absolute atomic E-state index is 0.186. The normalized spacial score (nSPS) is 14.4. The van der Waals surface area contributed by atoms with Crippen LogP contribution in [0, 0.1) is 0 Å². The fourth-order valence-corrected chi connectivity index (χ4v) is 15.7. The maximum atomic E-state index is 2.61. The molecule has 0 unspecified atom stereocenters. The highest BCUT2D eigenvalue weighted by Gasteiger charge is 2.40. The third-order valence-electron chi connectivity index (χ3n) is 20.2. The lowest BCUT2D eigenvalue weighted by Crippen LogP contribution is -2.16. The number of fused-ring (bicyclic) bond motifs is 13. The van der Waals surface area contributed by atoms with Crippen LogP contribution in [0.1, 0.15) is 74.9 Å². The van der Waals surface area contributed by atoms with Crippen LogP contribution in [0.4, 0.5) is 34.1 Å². The summed E-state index contributed by atoms with van der Waals surface area (Å²) in [5.74, 6) is 0. The minimum atomic E-state index is -0.349. The van der Waals surface area contributed by atoms with E-state index in [4.69, 9.17) is 0 Å². The zero-order valence-corrected chi connectivity index (χ0v) is 50.0. The van der Waals surface area contributed by atoms with Crippen LogP contribution < -0.4 is 9.80 Å². The Bertz CT molecular complexity index is 5200. The van der Waals surface area contributed by atoms with E-state index in [0.717, 1.165) is 34.1 Å². The van der Waals surface area contributed by atoms with Crippen molar-refractivity contribution in [1.29, 1.82) is 0 Å². The van der Waals surface area contributed by atoms with Crippen LogP contribution in [0.25, 0.3) is 98.7 Å². The molecule has 3 aliphatic rings. The van der Waals surface area contributed by atoms with Gasteiger partial charge in [-0.2, -0.15) is 0 Å². The largest absolute Gasteiger partial charge is 0.310 e. The highest BCUT2D eigenvalue weighted by atomic mass is 15.1. The Labute approximate surface area is 509 Å². The van der Waals surface area contributed by atoms with Crippen molar-refractivity contribution >= 4 is 77.2 Å². The summed E-state index contributed by atoms with van der Waals surface area (Å²) in [4.78, 5) is 4.88. The first-order valence-electron chi connectivity index (χ1n) is 30.8. The molecule has 0 aliphatic heterocycles. The Kier molecular flexibility index (Phi) is 11.1. The fourth-order valence-electron chi connectivity index (χ4n) is 15.7. The number of anilines is 6. The van der Waals surface area contributed by atoms with Gasteiger partial charge < -0.3 is 9.80 Å². The lowest BCUT2D eigenvalue weighted by molar-refractivity contribution is 0.660. The fraction of sp³-hybridized carbons (Fsp3) is 0.106. The van der Waals surface area contributed by atoms with E-state index in [1.54, 1.807) is 0 Å². The van der Waals surface area contributed by atoms with Gasteiger partial charge in [-0.05, 0) is 229 Å². The Morgan fingerprint density at radius 1 is 0.207 bits per heavy atom. The maximum absolute atomic E-state index is 2.61. The molecule has 0 bridgehead atoms. The quantitative estimate of drug-likeness (QED) is 0.140. The summed E-state index contributed by atoms with van der Waals surface area (Å²) in [5, 5.41) is 9.84. The highest BCUT2D eigenvalue weighted by Crippen LogP contribution is 2.58. The van der Waals surface area contributed by atoms with Crippen LogP contribution in [0.5, 0.6) is 0 Å². The summed E-state index contributed by atoms with van der Waals surface area (Å²) in [5.41, 5.74) is 27.0. The molecule has 2 heteroatoms. The Morgan fingerprint density at radius 2 is 0.563 bits per heavy atom. The number of hydrogen-bond donors (Lipinski definition) is 0. The summed E-state index contributed by atoms with van der Waals surface area (Å²) < 4.78 is 0. The van der Waals surface area contributed by atoms with Crippen molar-refractivity contribution in [3.8, 4) is 55.6 Å². The van der Waals surface area contributed by atoms with Gasteiger partial charge in [0.1, 0.15) is 0 Å². The molecule has 17 rings (SSSR count). The maximum Gasteiger partial charge on any atom is 0.0468 e. The predicted octanol–water partition coefficient (Wildman–Crippen LogP) is 23.5. The second-order valence-corrected chi connectivity index (χ2v) is 26.0. The van der Waals surface area contributed by atoms with Crippen molar-refractivity contribution in [2.24, 2.45) is 0 Å². The van der Waals surface area contributed by atoms with E-state index in [1.807, 2.05) is 0 Å². The predicted molar refractivity (Wildman–Crippen MR) is 369 cm³/mol. The first-order chi connectivity index (χ1) is 42.4. The van der Waals surface area contributed by atoms with Gasteiger partial charge in [0, 0.05) is 50.4 Å². The van der Waals surface area contributed by atoms with Crippen LogP contribution in [-0.2, 0) is 16.2 Å². The van der Waals surface area contributed by atoms with Gasteiger partial charge >= 0.3 is 0 Å². The molecule has 0 saturated heterocycles. The van der Waals surface area contributed by atoms with Crippen LogP contribution in [0.15, 0.2) is 279 Å². The van der Waals surface area contributed by atoms with Crippen LogP contribution in [-0.4, -0.2) is 0 Å². The van der Waals surface area contributed by atoms with E-state index in [2.05, 4.69) is 330 Å². The summed E-state index contributed by atoms with van der Waals surface area (Å²) in [7, 11) is 0. The van der Waals surface area contributed by atoms with Gasteiger partial charge in [-0.25, -0.2) is 0 Å². The SMILES string of the molecule is CC1(C)c2ccccc2-c2ccc(-c3c4cc(N(c5ccccc5)c5ccc6ccccc6c5)ccc4c(-c4ccc5c(c4)C(C)(C)c4ccccc4-5)c4cc5c(cc34)-c3ccc(N(c4ccccc4)c4ccc6ccccc6c4)cc3C5(C)C)cc21. The Morgan fingerprint density at radius 3 is 1.11 bits per heavy atom. The topological polar surface area (TPSA) is 6.48 Å². The van der Waals surface area contributed by atoms with E-state index in [0.29, 0.717) is 0 Å². The van der Waals surface area contributed by atoms with Gasteiger partial charge in [0.05, 0.1) is 0 Å². The molecule has 0 heterocycles. The first kappa shape index (κ1) is 51.2. The molecule has 14 aromatic carbocycles. The van der Waals surface area contributed by atoms with Gasteiger partial charge in [-0.1, -0.05) is 224 Å². The highest BCUT2D eigenvalue weighted by molar-refractivity contribution is 6.23. The first-order valence-corrected chi connectivity index (χ1v) is 30.8. The minimum Gasteiger partial charge on any atom is -0.310 e. The molecular formula is C85H64N2. The smallest absolute Gasteiger partial charge is 0.0468 e. The number of benzene rings is 14. The zero-order valence-electron chi connectivity index (χ0n) is 50.0. The van der Waals surface area contributed by atoms with Gasteiger partial charge in [-0.3, -0.25) is 0 Å². The third kappa shape index (κ3) is 7.66. The summed E-state index contributed by atoms with van der Waals surface area (Å²) >= 11 is 0. The molecule has 0 aromatic heterocycles. The van der Waals surface area contributed by atoms with E-state index in [9.17, 15) is 0 Å². The van der Waals surface area contributed by atoms with Gasteiger partial charge in [0.15, 0.2) is 0 Å². The molecule has 0 fully saturated rings. The molecule has 0 spiro atoms. The second-order valence-electron chi connectivity index (χ2n) is 26.0. The molecule has 0 radical (unpaired) electrons. The molecule has 14 aromatic rings. The average Bonchev–Trinajstić information content (AvgIpc) is 1.70. The third-order valence-corrected chi connectivity index (χ3v) is 20.2. The van der Waals surface area contributed by atoms with Gasteiger partial charge in [0.25, 0.3) is 0 Å². The molecule has 87 heavy (non-hydrogen) atoms. The molecule has 0 atom stereocenters. The summed E-state index contributed by atoms with van der Waals surface area (Å²) in [6.07, 6.45) is 0. The van der Waals surface area contributed by atoms with Crippen molar-refractivity contribution in [2.75, 3.05) is 9.80 Å². The van der Waals surface area contributed by atoms with Crippen molar-refractivity contribution in [1.82, 2.24) is 0 Å². The standard InChI is InChI=1S/C85H64N2/c1-83(2)75-31-19-17-29-65(75)67-41-35-57(47-77(67)83)81-70-44-40-63(86(59-25-9-7-10-26-59)61-37-33-53-21-13-15-23-55(53)45-61)49-72(70)82(58-36-42-68-66-30-18-20-32-76(66)84(3,4)78(68)48-58)73-51-71-69-43-39-64(50-79(69)85(5,6)80(71)52-74(73)81)87(60-27-11-8-12-28-60)62-38-34-54-22-14-16-24-56(54)46-62/h7-52H,1-6H3. The molecule has 0 N–H and O–H groups in total. The van der Waals surface area contributed by atoms with Crippen LogP contribution in [0.3, 0.4) is 0 Å². The Hall–Kier alpha value is -10.3. The van der Waals surface area contributed by atoms with Crippen molar-refractivity contribution < 1.29 is 0 Å². The molecule has 0 saturated carbocycles. The zero-order chi connectivity index (χ0) is 58.5. The molecule has 414 valence electrons. The number of para-hydroxylation sites is 2. The average molecular weight is 1110 g/mol. The van der Waals surface area contributed by atoms with E-state index in [1.165, 1.54) is 132 Å². The molecular weight excluding hydrogens is 1050 g/mol. The lowest BCUT2D eigenvalue weighted by Gasteiger charge is -2.29. The molecule has 0 amide bonds. The monoisotopic (exact) mass is 1110 g/mol. The lowest BCUT2D eigenvalue weighted by atomic mass is 9.77. The number of nitrogens with zero attached hydrogens (tertiary/aromatic N) is 2. The van der Waals surface area contributed by atoms with Gasteiger partial charge in [0.2, 0.25) is 0 Å². The van der Waals surface area contributed by atoms with Crippen LogP contribution in [0.2, 0.25) is 0 Å². The van der Waals surface area contributed by atoms with E-state index >= 15 is 0 Å². The summed E-state index contributed by atoms with van der Waals surface area (Å²) in [6.45, 7) is 14.5. The van der Waals surface area contributed by atoms with Gasteiger partial charge in [-0.15, -0.1) is 0 Å². The number of rotatable bonds is 8. The summed E-state index contributed by atoms with van der Waals surface area (Å²) in [6, 6.07) is 106. The second kappa shape index (κ2) is 18.9. The van der Waals surface area contributed by atoms with Crippen LogP contribution >= 0.6 is 0 Å². The van der Waals surface area contributed by atoms with E-state index < -0.39 is 0 Å². The van der Waals surface area contributed by atoms with Crippen molar-refractivity contribution in [2.45, 2.75) is 57.8 Å². The van der Waals surface area contributed by atoms with Crippen molar-refractivity contribution in [3.05, 3.63) is 312 Å². The molecule has 3 aliphatic carbocycles. The molecule has 2 nitrogen and oxygen atoms in total. The van der Waals surface area contributed by atoms with Crippen molar-refractivity contribution in [3.63, 3.8) is 0 Å². The Balaban J connectivity index is 0.960. The van der Waals surface area contributed by atoms with E-state index in [-0.39, 0.29) is 16.2 Å². The number of hydrogen-bond acceptors (Lipinski definition) is 2.